The van der Waals surface area contributed by atoms with E-state index in [9.17, 15) is 4.79 Å². The van der Waals surface area contributed by atoms with Crippen molar-refractivity contribution >= 4 is 28.2 Å². The Labute approximate surface area is 155 Å². The summed E-state index contributed by atoms with van der Waals surface area (Å²) in [6.45, 7) is 4.76. The lowest BCUT2D eigenvalue weighted by molar-refractivity contribution is 0.111. The summed E-state index contributed by atoms with van der Waals surface area (Å²) in [7, 11) is 0. The minimum absolute atomic E-state index is 0.564. The van der Waals surface area contributed by atoms with Crippen LogP contribution in [-0.4, -0.2) is 36.0 Å². The monoisotopic (exact) mass is 401 g/mol. The fraction of sp³-hybridized carbons (Fsp3) is 0.421. The average Bonchev–Trinajstić information content (AvgIpc) is 3.09. The molecule has 1 aromatic heterocycles. The first-order valence-corrected chi connectivity index (χ1v) is 9.42. The molecule has 1 aliphatic carbocycles. The van der Waals surface area contributed by atoms with E-state index in [0.717, 1.165) is 36.2 Å². The van der Waals surface area contributed by atoms with Crippen LogP contribution in [0.1, 0.15) is 22.8 Å². The van der Waals surface area contributed by atoms with Gasteiger partial charge in [-0.2, -0.15) is 0 Å². The molecular formula is C19H20BrN3O2. The van der Waals surface area contributed by atoms with Crippen molar-refractivity contribution < 1.29 is 9.53 Å². The highest BCUT2D eigenvalue weighted by molar-refractivity contribution is 9.10. The van der Waals surface area contributed by atoms with Crippen molar-refractivity contribution in [1.29, 1.82) is 0 Å². The van der Waals surface area contributed by atoms with Crippen LogP contribution in [0.2, 0.25) is 0 Å². The summed E-state index contributed by atoms with van der Waals surface area (Å²) in [5.74, 6) is 3.35. The van der Waals surface area contributed by atoms with Crippen molar-refractivity contribution in [2.75, 3.05) is 24.6 Å². The average molecular weight is 402 g/mol. The second-order valence-electron chi connectivity index (χ2n) is 6.75. The number of anilines is 1. The number of rotatable bonds is 6. The fourth-order valence-corrected chi connectivity index (χ4v) is 4.06. The summed E-state index contributed by atoms with van der Waals surface area (Å²) < 4.78 is 6.80. The van der Waals surface area contributed by atoms with E-state index in [1.54, 1.807) is 6.07 Å². The van der Waals surface area contributed by atoms with Gasteiger partial charge in [-0.15, -0.1) is 0 Å². The maximum atomic E-state index is 11.2. The zero-order valence-corrected chi connectivity index (χ0v) is 15.6. The van der Waals surface area contributed by atoms with E-state index in [4.69, 9.17) is 4.74 Å². The molecular weight excluding hydrogens is 382 g/mol. The third-order valence-electron chi connectivity index (χ3n) is 5.28. The largest absolute Gasteiger partial charge is 0.493 e. The van der Waals surface area contributed by atoms with Gasteiger partial charge in [0.2, 0.25) is 5.95 Å². The second-order valence-corrected chi connectivity index (χ2v) is 7.67. The number of aryl methyl sites for hydroxylation is 1. The van der Waals surface area contributed by atoms with E-state index >= 15 is 0 Å². The van der Waals surface area contributed by atoms with Crippen LogP contribution in [0.3, 0.4) is 0 Å². The third-order valence-corrected chi connectivity index (χ3v) is 5.78. The molecule has 2 unspecified atom stereocenters. The van der Waals surface area contributed by atoms with Crippen LogP contribution in [-0.2, 0) is 6.42 Å². The van der Waals surface area contributed by atoms with Crippen molar-refractivity contribution in [3.8, 4) is 5.75 Å². The molecule has 1 saturated carbocycles. The van der Waals surface area contributed by atoms with Crippen LogP contribution in [0.15, 0.2) is 35.1 Å². The van der Waals surface area contributed by atoms with Crippen LogP contribution in [0, 0.1) is 17.8 Å². The number of fused-ring (bicyclic) bond motifs is 1. The number of aromatic nitrogens is 2. The molecule has 1 aliphatic heterocycles. The molecule has 0 spiro atoms. The predicted octanol–water partition coefficient (Wildman–Crippen LogP) is 3.38. The van der Waals surface area contributed by atoms with Crippen molar-refractivity contribution in [3.63, 3.8) is 0 Å². The van der Waals surface area contributed by atoms with Gasteiger partial charge in [0.05, 0.1) is 12.2 Å². The standard InChI is InChI=1S/C19H20BrN3O2/c1-2-12-6-21-19(22-7-12)23-8-15-16(9-23)17(15)11-25-18-4-3-14(20)5-13(18)10-24/h3-7,10,15-17H,2,8-9,11H2,1H3/t15-,16?,17?/m1/s1. The van der Waals surface area contributed by atoms with Gasteiger partial charge in [0, 0.05) is 35.9 Å². The predicted molar refractivity (Wildman–Crippen MR) is 99.1 cm³/mol. The van der Waals surface area contributed by atoms with Gasteiger partial charge in [-0.1, -0.05) is 22.9 Å². The highest BCUT2D eigenvalue weighted by Crippen LogP contribution is 2.52. The van der Waals surface area contributed by atoms with Crippen molar-refractivity contribution in [2.24, 2.45) is 17.8 Å². The van der Waals surface area contributed by atoms with E-state index in [1.807, 2.05) is 24.5 Å². The number of ether oxygens (including phenoxy) is 1. The maximum absolute atomic E-state index is 11.2. The van der Waals surface area contributed by atoms with E-state index in [-0.39, 0.29) is 0 Å². The van der Waals surface area contributed by atoms with Crippen molar-refractivity contribution in [3.05, 3.63) is 46.2 Å². The third kappa shape index (κ3) is 3.27. The number of nitrogens with zero attached hydrogens (tertiary/aromatic N) is 3. The SMILES string of the molecule is CCc1cnc(N2CC3C(COc4ccc(Br)cc4C=O)[C@@H]3C2)nc1. The first-order chi connectivity index (χ1) is 12.2. The molecule has 6 heteroatoms. The van der Waals surface area contributed by atoms with E-state index in [2.05, 4.69) is 37.7 Å². The summed E-state index contributed by atoms with van der Waals surface area (Å²) in [5.41, 5.74) is 1.76. The smallest absolute Gasteiger partial charge is 0.225 e. The quantitative estimate of drug-likeness (QED) is 0.694. The van der Waals surface area contributed by atoms with Gasteiger partial charge in [0.25, 0.3) is 0 Å². The van der Waals surface area contributed by atoms with Crippen LogP contribution in [0.5, 0.6) is 5.75 Å². The zero-order chi connectivity index (χ0) is 17.4. The highest BCUT2D eigenvalue weighted by atomic mass is 79.9. The van der Waals surface area contributed by atoms with Gasteiger partial charge in [-0.25, -0.2) is 9.97 Å². The highest BCUT2D eigenvalue weighted by Gasteiger charge is 2.56. The zero-order valence-electron chi connectivity index (χ0n) is 14.1. The van der Waals surface area contributed by atoms with E-state index in [1.165, 1.54) is 5.56 Å². The Balaban J connectivity index is 1.32. The molecule has 2 fully saturated rings. The molecule has 2 heterocycles. The van der Waals surface area contributed by atoms with Gasteiger partial charge >= 0.3 is 0 Å². The second kappa shape index (κ2) is 6.75. The number of benzene rings is 1. The van der Waals surface area contributed by atoms with Crippen molar-refractivity contribution in [2.45, 2.75) is 13.3 Å². The molecule has 3 atom stereocenters. The van der Waals surface area contributed by atoms with E-state index < -0.39 is 0 Å². The fourth-order valence-electron chi connectivity index (χ4n) is 3.68. The summed E-state index contributed by atoms with van der Waals surface area (Å²) in [5, 5.41) is 0. The number of carbonyl (C=O) groups excluding carboxylic acids is 1. The molecule has 1 saturated heterocycles. The minimum atomic E-state index is 0.564. The molecule has 0 radical (unpaired) electrons. The minimum Gasteiger partial charge on any atom is -0.493 e. The lowest BCUT2D eigenvalue weighted by atomic mass is 10.2. The van der Waals surface area contributed by atoms with Gasteiger partial charge in [-0.3, -0.25) is 4.79 Å². The summed E-state index contributed by atoms with van der Waals surface area (Å²) >= 11 is 3.37. The first-order valence-electron chi connectivity index (χ1n) is 8.63. The van der Waals surface area contributed by atoms with Crippen LogP contribution >= 0.6 is 15.9 Å². The van der Waals surface area contributed by atoms with Gasteiger partial charge < -0.3 is 9.64 Å². The Hall–Kier alpha value is -1.95. The Bertz CT molecular complexity index is 769. The first kappa shape index (κ1) is 16.5. The van der Waals surface area contributed by atoms with Gasteiger partial charge in [-0.05, 0) is 42.0 Å². The molecule has 0 bridgehead atoms. The number of aldehydes is 1. The molecule has 0 N–H and O–H groups in total. The Kier molecular flexibility index (Phi) is 4.46. The molecule has 1 aromatic carbocycles. The number of hydrogen-bond donors (Lipinski definition) is 0. The van der Waals surface area contributed by atoms with Crippen LogP contribution in [0.4, 0.5) is 5.95 Å². The molecule has 2 aromatic rings. The Morgan fingerprint density at radius 3 is 2.64 bits per heavy atom. The summed E-state index contributed by atoms with van der Waals surface area (Å²) in [4.78, 5) is 22.4. The maximum Gasteiger partial charge on any atom is 0.225 e. The summed E-state index contributed by atoms with van der Waals surface area (Å²) in [6, 6.07) is 5.53. The lowest BCUT2D eigenvalue weighted by Gasteiger charge is -2.20. The molecule has 5 nitrogen and oxygen atoms in total. The van der Waals surface area contributed by atoms with Crippen LogP contribution in [0.25, 0.3) is 0 Å². The normalized spacial score (nSPS) is 24.1. The van der Waals surface area contributed by atoms with Gasteiger partial charge in [0.1, 0.15) is 5.75 Å². The lowest BCUT2D eigenvalue weighted by Crippen LogP contribution is -2.27. The number of hydrogen-bond acceptors (Lipinski definition) is 5. The number of carbonyl (C=O) groups is 1. The number of piperidine rings is 1. The summed E-state index contributed by atoms with van der Waals surface area (Å²) in [6.07, 6.45) is 5.64. The van der Waals surface area contributed by atoms with Crippen molar-refractivity contribution in [1.82, 2.24) is 9.97 Å². The molecule has 2 aliphatic rings. The van der Waals surface area contributed by atoms with Crippen LogP contribution < -0.4 is 9.64 Å². The molecule has 130 valence electrons. The topological polar surface area (TPSA) is 55.3 Å². The number of halogens is 1. The molecule has 0 amide bonds. The van der Waals surface area contributed by atoms with Gasteiger partial charge in [0.15, 0.2) is 6.29 Å². The molecule has 4 rings (SSSR count). The Morgan fingerprint density at radius 2 is 2.00 bits per heavy atom. The molecule has 25 heavy (non-hydrogen) atoms. The Morgan fingerprint density at radius 1 is 1.28 bits per heavy atom. The van der Waals surface area contributed by atoms with E-state index in [0.29, 0.717) is 35.7 Å².